The number of ether oxygens (including phenoxy) is 2. The molecule has 0 saturated carbocycles. The van der Waals surface area contributed by atoms with E-state index in [1.54, 1.807) is 31.2 Å². The second-order valence-corrected chi connectivity index (χ2v) is 8.23. The van der Waals surface area contributed by atoms with Crippen molar-refractivity contribution in [1.82, 2.24) is 14.5 Å². The fraction of sp³-hybridized carbons (Fsp3) is 0.167. The van der Waals surface area contributed by atoms with Gasteiger partial charge >= 0.3 is 0 Å². The molecule has 3 heterocycles. The number of Topliss-reactive ketones (excluding diaryl/α,β-unsaturated/α-hetero) is 1. The van der Waals surface area contributed by atoms with E-state index in [-0.39, 0.29) is 12.1 Å². The summed E-state index contributed by atoms with van der Waals surface area (Å²) in [6, 6.07) is 10.0. The molecule has 0 atom stereocenters. The van der Waals surface area contributed by atoms with Crippen LogP contribution in [0.15, 0.2) is 48.8 Å². The van der Waals surface area contributed by atoms with Gasteiger partial charge in [0, 0.05) is 40.7 Å². The van der Waals surface area contributed by atoms with E-state index in [1.807, 2.05) is 10.6 Å². The first kappa shape index (κ1) is 23.5. The van der Waals surface area contributed by atoms with Gasteiger partial charge in [0.05, 0.1) is 42.1 Å². The number of methoxy groups -OCH3 is 2. The van der Waals surface area contributed by atoms with E-state index in [0.717, 1.165) is 5.52 Å². The molecule has 174 valence electrons. The minimum absolute atomic E-state index is 0.262. The number of anilines is 1. The zero-order valence-corrected chi connectivity index (χ0v) is 20.1. The van der Waals surface area contributed by atoms with Gasteiger partial charge < -0.3 is 19.4 Å². The molecule has 0 spiro atoms. The van der Waals surface area contributed by atoms with Crippen LogP contribution < -0.4 is 14.8 Å². The molecule has 0 aliphatic carbocycles. The number of halogens is 2. The number of hydrogen-bond donors (Lipinski definition) is 1. The zero-order valence-electron chi connectivity index (χ0n) is 18.6. The third kappa shape index (κ3) is 4.55. The number of aromatic nitrogens is 3. The fourth-order valence-electron chi connectivity index (χ4n) is 3.69. The second kappa shape index (κ2) is 9.70. The number of amides is 1. The Labute approximate surface area is 205 Å². The number of carbonyl (C=O) groups is 2. The van der Waals surface area contributed by atoms with Crippen molar-refractivity contribution in [2.24, 2.45) is 0 Å². The summed E-state index contributed by atoms with van der Waals surface area (Å²) in [6.07, 6.45) is 2.99. The van der Waals surface area contributed by atoms with E-state index in [4.69, 9.17) is 32.7 Å². The van der Waals surface area contributed by atoms with Crippen LogP contribution in [-0.2, 0) is 11.3 Å². The molecule has 0 fully saturated rings. The first-order valence-corrected chi connectivity index (χ1v) is 10.9. The highest BCUT2D eigenvalue weighted by atomic mass is 35.5. The molecule has 1 N–H and O–H groups in total. The lowest BCUT2D eigenvalue weighted by Crippen LogP contribution is -2.23. The molecule has 0 radical (unpaired) electrons. The third-order valence-electron chi connectivity index (χ3n) is 5.36. The monoisotopic (exact) mass is 498 g/mol. The third-order valence-corrected chi connectivity index (χ3v) is 5.89. The molecule has 8 nitrogen and oxygen atoms in total. The van der Waals surface area contributed by atoms with Gasteiger partial charge in [-0.3, -0.25) is 14.6 Å². The Kier molecular flexibility index (Phi) is 6.72. The van der Waals surface area contributed by atoms with E-state index >= 15 is 0 Å². The molecule has 0 aliphatic heterocycles. The molecule has 10 heteroatoms. The van der Waals surface area contributed by atoms with Gasteiger partial charge in [0.25, 0.3) is 11.7 Å². The normalized spacial score (nSPS) is 10.9. The van der Waals surface area contributed by atoms with Crippen molar-refractivity contribution >= 4 is 51.5 Å². The number of carbonyl (C=O) groups excluding carboxylic acids is 2. The summed E-state index contributed by atoms with van der Waals surface area (Å²) in [5, 5.41) is 4.02. The lowest BCUT2D eigenvalue weighted by Gasteiger charge is -2.10. The van der Waals surface area contributed by atoms with E-state index < -0.39 is 11.7 Å². The van der Waals surface area contributed by atoms with Crippen LogP contribution in [0.3, 0.4) is 0 Å². The minimum atomic E-state index is -0.791. The molecule has 34 heavy (non-hydrogen) atoms. The number of rotatable bonds is 7. The van der Waals surface area contributed by atoms with Crippen molar-refractivity contribution in [3.8, 4) is 11.6 Å². The van der Waals surface area contributed by atoms with Crippen molar-refractivity contribution in [2.45, 2.75) is 13.5 Å². The summed E-state index contributed by atoms with van der Waals surface area (Å²) < 4.78 is 12.3. The Morgan fingerprint density at radius 1 is 1.06 bits per heavy atom. The van der Waals surface area contributed by atoms with Crippen LogP contribution in [0.4, 0.5) is 5.69 Å². The summed E-state index contributed by atoms with van der Waals surface area (Å²) in [6.45, 7) is 2.05. The number of fused-ring (bicyclic) bond motifs is 1. The highest BCUT2D eigenvalue weighted by Gasteiger charge is 2.26. The average molecular weight is 499 g/mol. The van der Waals surface area contributed by atoms with E-state index in [9.17, 15) is 9.59 Å². The SMILES string of the molecule is COc1ccc2c(c1)c(C(=O)C(=O)Nc1ccnc(OC)c1)c(C)n2Cc1ncc(Cl)cc1Cl. The molecule has 4 rings (SSSR count). The molecule has 0 unspecified atom stereocenters. The largest absolute Gasteiger partial charge is 0.497 e. The van der Waals surface area contributed by atoms with Gasteiger partial charge in [-0.15, -0.1) is 0 Å². The van der Waals surface area contributed by atoms with E-state index in [1.165, 1.54) is 32.7 Å². The van der Waals surface area contributed by atoms with Gasteiger partial charge in [-0.25, -0.2) is 4.98 Å². The Hall–Kier alpha value is -3.62. The van der Waals surface area contributed by atoms with Gasteiger partial charge in [-0.2, -0.15) is 0 Å². The number of nitrogens with one attached hydrogen (secondary N) is 1. The van der Waals surface area contributed by atoms with Gasteiger partial charge in [-0.1, -0.05) is 23.2 Å². The summed E-state index contributed by atoms with van der Waals surface area (Å²) in [4.78, 5) is 34.6. The maximum Gasteiger partial charge on any atom is 0.296 e. The topological polar surface area (TPSA) is 95.3 Å². The molecule has 0 aliphatic rings. The van der Waals surface area contributed by atoms with Gasteiger partial charge in [0.1, 0.15) is 5.75 Å². The molecule has 3 aromatic heterocycles. The Morgan fingerprint density at radius 2 is 1.85 bits per heavy atom. The summed E-state index contributed by atoms with van der Waals surface area (Å²) in [5.41, 5.74) is 2.55. The number of nitrogens with zero attached hydrogens (tertiary/aromatic N) is 3. The highest BCUT2D eigenvalue weighted by Crippen LogP contribution is 2.32. The standard InChI is InChI=1S/C24H20Cl2N4O4/c1-13-22(23(31)24(32)29-15-6-7-27-21(9-15)34-3)17-10-16(33-2)4-5-20(17)30(13)12-19-18(26)8-14(25)11-28-19/h4-11H,12H2,1-3H3,(H,27,29,32). The van der Waals surface area contributed by atoms with Crippen LogP contribution in [0.1, 0.15) is 21.7 Å². The lowest BCUT2D eigenvalue weighted by molar-refractivity contribution is -0.112. The number of pyridine rings is 2. The van der Waals surface area contributed by atoms with Crippen molar-refractivity contribution in [3.63, 3.8) is 0 Å². The molecular formula is C24H20Cl2N4O4. The minimum Gasteiger partial charge on any atom is -0.497 e. The molecular weight excluding hydrogens is 479 g/mol. The molecule has 0 bridgehead atoms. The Balaban J connectivity index is 1.77. The smallest absolute Gasteiger partial charge is 0.296 e. The van der Waals surface area contributed by atoms with Crippen molar-refractivity contribution in [3.05, 3.63) is 75.8 Å². The Bertz CT molecular complexity index is 1420. The second-order valence-electron chi connectivity index (χ2n) is 7.38. The Morgan fingerprint density at radius 3 is 2.56 bits per heavy atom. The maximum absolute atomic E-state index is 13.3. The van der Waals surface area contributed by atoms with Crippen LogP contribution >= 0.6 is 23.2 Å². The van der Waals surface area contributed by atoms with Crippen LogP contribution in [0, 0.1) is 6.92 Å². The van der Waals surface area contributed by atoms with Crippen LogP contribution in [-0.4, -0.2) is 40.4 Å². The maximum atomic E-state index is 13.3. The molecule has 4 aromatic rings. The molecule has 1 amide bonds. The first-order valence-electron chi connectivity index (χ1n) is 10.1. The predicted molar refractivity (Wildman–Crippen MR) is 130 cm³/mol. The quantitative estimate of drug-likeness (QED) is 0.286. The molecule has 0 saturated heterocycles. The average Bonchev–Trinajstić information content (AvgIpc) is 3.10. The lowest BCUT2D eigenvalue weighted by atomic mass is 10.1. The van der Waals surface area contributed by atoms with E-state index in [0.29, 0.717) is 44.1 Å². The van der Waals surface area contributed by atoms with Gasteiger partial charge in [-0.05, 0) is 37.3 Å². The van der Waals surface area contributed by atoms with Crippen molar-refractivity contribution in [1.29, 1.82) is 0 Å². The number of ketones is 1. The van der Waals surface area contributed by atoms with Crippen LogP contribution in [0.5, 0.6) is 11.6 Å². The number of hydrogen-bond acceptors (Lipinski definition) is 6. The summed E-state index contributed by atoms with van der Waals surface area (Å²) in [7, 11) is 3.00. The fourth-order valence-corrected chi connectivity index (χ4v) is 4.13. The van der Waals surface area contributed by atoms with Gasteiger partial charge in [0.15, 0.2) is 0 Å². The summed E-state index contributed by atoms with van der Waals surface area (Å²) in [5.74, 6) is -0.614. The van der Waals surface area contributed by atoms with Gasteiger partial charge in [0.2, 0.25) is 5.88 Å². The summed E-state index contributed by atoms with van der Waals surface area (Å²) >= 11 is 12.3. The zero-order chi connectivity index (χ0) is 24.4. The first-order chi connectivity index (χ1) is 16.3. The molecule has 1 aromatic carbocycles. The predicted octanol–water partition coefficient (Wildman–Crippen LogP) is 4.93. The van der Waals surface area contributed by atoms with Crippen LogP contribution in [0.25, 0.3) is 10.9 Å². The van der Waals surface area contributed by atoms with Crippen molar-refractivity contribution in [2.75, 3.05) is 19.5 Å². The number of benzene rings is 1. The van der Waals surface area contributed by atoms with Crippen molar-refractivity contribution < 1.29 is 19.1 Å². The van der Waals surface area contributed by atoms with Crippen LogP contribution in [0.2, 0.25) is 10.0 Å². The van der Waals surface area contributed by atoms with E-state index in [2.05, 4.69) is 15.3 Å². The highest BCUT2D eigenvalue weighted by molar-refractivity contribution is 6.48.